The van der Waals surface area contributed by atoms with Crippen molar-refractivity contribution in [2.45, 2.75) is 6.54 Å². The van der Waals surface area contributed by atoms with E-state index in [1.807, 2.05) is 6.07 Å². The van der Waals surface area contributed by atoms with Crippen LogP contribution in [0.3, 0.4) is 0 Å². The van der Waals surface area contributed by atoms with Gasteiger partial charge < -0.3 is 4.74 Å². The lowest BCUT2D eigenvalue weighted by Crippen LogP contribution is -2.19. The molecule has 11 heteroatoms. The summed E-state index contributed by atoms with van der Waals surface area (Å²) in [6.07, 6.45) is 3.06. The van der Waals surface area contributed by atoms with Crippen molar-refractivity contribution in [3.05, 3.63) is 48.4 Å². The lowest BCUT2D eigenvalue weighted by atomic mass is 10.0. The smallest absolute Gasteiger partial charge is 0.249 e. The molecule has 4 rings (SSSR count). The van der Waals surface area contributed by atoms with E-state index < -0.39 is 0 Å². The molecule has 0 spiro atoms. The fraction of sp³-hybridized carbons (Fsp3) is 0.118. The Kier molecular flexibility index (Phi) is 4.35. The summed E-state index contributed by atoms with van der Waals surface area (Å²) in [5.41, 5.74) is 2.41. The van der Waals surface area contributed by atoms with Crippen LogP contribution >= 0.6 is 0 Å². The van der Waals surface area contributed by atoms with E-state index in [0.717, 1.165) is 5.56 Å². The molecule has 28 heavy (non-hydrogen) atoms. The molecule has 0 saturated carbocycles. The summed E-state index contributed by atoms with van der Waals surface area (Å²) in [5, 5.41) is 26.8. The van der Waals surface area contributed by atoms with E-state index in [1.165, 1.54) is 15.5 Å². The number of carbonyl (C=O) groups is 1. The summed E-state index contributed by atoms with van der Waals surface area (Å²) in [4.78, 5) is 16.3. The summed E-state index contributed by atoms with van der Waals surface area (Å²) >= 11 is 0. The topological polar surface area (TPSA) is 136 Å². The summed E-state index contributed by atoms with van der Waals surface area (Å²) < 4.78 is 8.20. The van der Waals surface area contributed by atoms with Crippen LogP contribution in [-0.2, 0) is 11.3 Å². The van der Waals surface area contributed by atoms with Crippen molar-refractivity contribution in [1.82, 2.24) is 34.8 Å². The van der Waals surface area contributed by atoms with Crippen molar-refractivity contribution < 1.29 is 9.53 Å². The van der Waals surface area contributed by atoms with Crippen LogP contribution in [-0.4, -0.2) is 47.8 Å². The van der Waals surface area contributed by atoms with Crippen LogP contribution < -0.4 is 10.1 Å². The Hall–Kier alpha value is -4.33. The summed E-state index contributed by atoms with van der Waals surface area (Å²) in [7, 11) is 1.55. The number of pyridine rings is 1. The molecule has 1 N–H and O–H groups in total. The van der Waals surface area contributed by atoms with E-state index in [0.29, 0.717) is 22.5 Å². The van der Waals surface area contributed by atoms with Gasteiger partial charge in [0.05, 0.1) is 18.7 Å². The van der Waals surface area contributed by atoms with E-state index in [9.17, 15) is 10.1 Å². The Morgan fingerprint density at radius 1 is 1.32 bits per heavy atom. The van der Waals surface area contributed by atoms with Gasteiger partial charge in [0.15, 0.2) is 5.65 Å². The first-order valence-corrected chi connectivity index (χ1v) is 8.12. The molecular weight excluding hydrogens is 362 g/mol. The lowest BCUT2D eigenvalue weighted by molar-refractivity contribution is -0.117. The number of rotatable bonds is 5. The number of tetrazole rings is 1. The van der Waals surface area contributed by atoms with Crippen LogP contribution in [0.25, 0.3) is 16.8 Å². The first-order chi connectivity index (χ1) is 13.7. The fourth-order valence-electron chi connectivity index (χ4n) is 2.74. The number of nitriles is 1. The molecule has 4 aromatic rings. The van der Waals surface area contributed by atoms with E-state index >= 15 is 0 Å². The first kappa shape index (κ1) is 17.1. The van der Waals surface area contributed by atoms with Gasteiger partial charge in [0, 0.05) is 17.3 Å². The summed E-state index contributed by atoms with van der Waals surface area (Å²) in [6.45, 7) is -0.0550. The van der Waals surface area contributed by atoms with Crippen molar-refractivity contribution in [1.29, 1.82) is 5.26 Å². The van der Waals surface area contributed by atoms with Crippen molar-refractivity contribution in [3.63, 3.8) is 0 Å². The van der Waals surface area contributed by atoms with E-state index in [2.05, 4.69) is 37.0 Å². The van der Waals surface area contributed by atoms with Crippen LogP contribution in [0.15, 0.2) is 42.9 Å². The quantitative estimate of drug-likeness (QED) is 0.543. The molecule has 3 aromatic heterocycles. The monoisotopic (exact) mass is 375 g/mol. The first-order valence-electron chi connectivity index (χ1n) is 8.12. The van der Waals surface area contributed by atoms with Gasteiger partial charge in [-0.2, -0.15) is 10.2 Å². The third-order valence-corrected chi connectivity index (χ3v) is 3.93. The molecule has 0 atom stereocenters. The average molecular weight is 375 g/mol. The van der Waals surface area contributed by atoms with Gasteiger partial charge >= 0.3 is 0 Å². The van der Waals surface area contributed by atoms with E-state index in [-0.39, 0.29) is 18.4 Å². The van der Waals surface area contributed by atoms with Crippen LogP contribution in [0.2, 0.25) is 0 Å². The minimum atomic E-state index is -0.361. The summed E-state index contributed by atoms with van der Waals surface area (Å²) in [6, 6.07) is 11.0. The minimum Gasteiger partial charge on any atom is -0.496 e. The second-order valence-electron chi connectivity index (χ2n) is 5.71. The average Bonchev–Trinajstić information content (AvgIpc) is 3.35. The molecule has 0 aliphatic carbocycles. The maximum Gasteiger partial charge on any atom is 0.249 e. The SMILES string of the molecule is COc1cccc(C#N)c1-c1ccc2nc(NC(=O)Cn3cnnn3)nn2c1. The molecule has 0 saturated heterocycles. The van der Waals surface area contributed by atoms with Crippen molar-refractivity contribution >= 4 is 17.5 Å². The molecule has 1 amide bonds. The highest BCUT2D eigenvalue weighted by atomic mass is 16.5. The number of benzene rings is 1. The molecule has 0 aliphatic rings. The predicted octanol–water partition coefficient (Wildman–Crippen LogP) is 0.902. The number of aromatic nitrogens is 7. The van der Waals surface area contributed by atoms with Gasteiger partial charge in [-0.15, -0.1) is 10.2 Å². The number of hydrogen-bond acceptors (Lipinski definition) is 8. The molecule has 11 nitrogen and oxygen atoms in total. The molecule has 0 radical (unpaired) electrons. The van der Waals surface area contributed by atoms with Gasteiger partial charge in [0.25, 0.3) is 0 Å². The largest absolute Gasteiger partial charge is 0.496 e. The zero-order chi connectivity index (χ0) is 19.5. The van der Waals surface area contributed by atoms with Crippen LogP contribution in [0.4, 0.5) is 5.95 Å². The number of methoxy groups -OCH3 is 1. The molecular formula is C17H13N9O2. The normalized spacial score (nSPS) is 10.6. The Balaban J connectivity index is 1.64. The number of nitrogens with one attached hydrogen (secondary N) is 1. The molecule has 138 valence electrons. The number of fused-ring (bicyclic) bond motifs is 1. The van der Waals surface area contributed by atoms with Crippen molar-refractivity contribution in [3.8, 4) is 22.9 Å². The van der Waals surface area contributed by atoms with Gasteiger partial charge in [0.1, 0.15) is 18.6 Å². The van der Waals surface area contributed by atoms with Crippen LogP contribution in [0.5, 0.6) is 5.75 Å². The number of nitrogens with zero attached hydrogens (tertiary/aromatic N) is 8. The maximum absolute atomic E-state index is 12.0. The second-order valence-corrected chi connectivity index (χ2v) is 5.71. The number of ether oxygens (including phenoxy) is 1. The van der Waals surface area contributed by atoms with Gasteiger partial charge in [-0.1, -0.05) is 6.07 Å². The standard InChI is InChI=1S/C17H13N9O2/c1-28-13-4-2-3-11(7-18)16(13)12-5-6-14-20-17(22-26(14)8-12)21-15(27)9-25-10-19-23-24-25/h2-6,8,10H,9H2,1H3,(H,21,22,27). The molecule has 0 bridgehead atoms. The molecule has 3 heterocycles. The number of hydrogen-bond donors (Lipinski definition) is 1. The second kappa shape index (κ2) is 7.12. The Bertz CT molecular complexity index is 1190. The third-order valence-electron chi connectivity index (χ3n) is 3.93. The minimum absolute atomic E-state index is 0.0550. The fourth-order valence-corrected chi connectivity index (χ4v) is 2.74. The number of amides is 1. The Morgan fingerprint density at radius 2 is 2.21 bits per heavy atom. The van der Waals surface area contributed by atoms with Crippen molar-refractivity contribution in [2.24, 2.45) is 0 Å². The highest BCUT2D eigenvalue weighted by Crippen LogP contribution is 2.33. The predicted molar refractivity (Wildman–Crippen MR) is 96.1 cm³/mol. The highest BCUT2D eigenvalue weighted by molar-refractivity contribution is 5.89. The zero-order valence-corrected chi connectivity index (χ0v) is 14.6. The van der Waals surface area contributed by atoms with E-state index in [4.69, 9.17) is 4.74 Å². The molecule has 0 aliphatic heterocycles. The van der Waals surface area contributed by atoms with E-state index in [1.54, 1.807) is 37.6 Å². The number of carbonyl (C=O) groups excluding carboxylic acids is 1. The Labute approximate surface area is 158 Å². The third kappa shape index (κ3) is 3.21. The van der Waals surface area contributed by atoms with Crippen LogP contribution in [0, 0.1) is 11.3 Å². The van der Waals surface area contributed by atoms with Gasteiger partial charge in [-0.25, -0.2) is 9.20 Å². The zero-order valence-electron chi connectivity index (χ0n) is 14.6. The van der Waals surface area contributed by atoms with Crippen LogP contribution in [0.1, 0.15) is 5.56 Å². The maximum atomic E-state index is 12.0. The van der Waals surface area contributed by atoms with Gasteiger partial charge in [0.2, 0.25) is 11.9 Å². The lowest BCUT2D eigenvalue weighted by Gasteiger charge is -2.10. The molecule has 0 fully saturated rings. The van der Waals surface area contributed by atoms with Gasteiger partial charge in [-0.3, -0.25) is 10.1 Å². The molecule has 1 aromatic carbocycles. The highest BCUT2D eigenvalue weighted by Gasteiger charge is 2.14. The Morgan fingerprint density at radius 3 is 2.96 bits per heavy atom. The summed E-state index contributed by atoms with van der Waals surface area (Å²) in [5.74, 6) is 0.365. The van der Waals surface area contributed by atoms with Gasteiger partial charge in [-0.05, 0) is 34.7 Å². The number of anilines is 1. The van der Waals surface area contributed by atoms with Crippen molar-refractivity contribution in [2.75, 3.05) is 12.4 Å². The molecule has 0 unspecified atom stereocenters.